The number of halogens is 1. The van der Waals surface area contributed by atoms with Gasteiger partial charge in [-0.3, -0.25) is 0 Å². The molecule has 16 heavy (non-hydrogen) atoms. The Kier molecular flexibility index (Phi) is 3.84. The van der Waals surface area contributed by atoms with Gasteiger partial charge in [-0.2, -0.15) is 0 Å². The third kappa shape index (κ3) is 2.97. The van der Waals surface area contributed by atoms with Crippen LogP contribution in [0.25, 0.3) is 0 Å². The van der Waals surface area contributed by atoms with E-state index in [1.165, 1.54) is 27.4 Å². The van der Waals surface area contributed by atoms with Crippen molar-refractivity contribution < 1.29 is 0 Å². The minimum Gasteiger partial charge on any atom is -0.141 e. The summed E-state index contributed by atoms with van der Waals surface area (Å²) in [7, 11) is 0. The fourth-order valence-electron chi connectivity index (χ4n) is 1.24. The smallest absolute Gasteiger partial charge is 0.141 e. The summed E-state index contributed by atoms with van der Waals surface area (Å²) >= 11 is 8.92. The van der Waals surface area contributed by atoms with E-state index in [1.807, 2.05) is 0 Å². The van der Waals surface area contributed by atoms with Gasteiger partial charge in [0.2, 0.25) is 4.47 Å². The second-order valence-corrected chi connectivity index (χ2v) is 6.18. The lowest BCUT2D eigenvalue weighted by molar-refractivity contribution is 1.04. The van der Waals surface area contributed by atoms with E-state index in [4.69, 9.17) is 11.6 Å². The van der Waals surface area contributed by atoms with Crippen molar-refractivity contribution in [3.63, 3.8) is 0 Å². The summed E-state index contributed by atoms with van der Waals surface area (Å²) in [5.74, 6) is 0.826. The third-order valence-electron chi connectivity index (χ3n) is 2.28. The molecule has 0 aliphatic heterocycles. The molecule has 1 aromatic heterocycles. The summed E-state index contributed by atoms with van der Waals surface area (Å²) < 4.78 is 0.510. The van der Waals surface area contributed by atoms with Gasteiger partial charge in [0, 0.05) is 4.90 Å². The molecule has 84 valence electrons. The summed E-state index contributed by atoms with van der Waals surface area (Å²) in [6, 6.07) is 6.48. The predicted octanol–water partition coefficient (Wildman–Crippen LogP) is 4.10. The molecule has 0 atom stereocenters. The van der Waals surface area contributed by atoms with Crippen molar-refractivity contribution in [2.75, 3.05) is 0 Å². The molecule has 0 spiro atoms. The van der Waals surface area contributed by atoms with Gasteiger partial charge in [0.25, 0.3) is 0 Å². The summed E-state index contributed by atoms with van der Waals surface area (Å²) in [6.07, 6.45) is 0. The highest BCUT2D eigenvalue weighted by Crippen LogP contribution is 2.26. The quantitative estimate of drug-likeness (QED) is 0.786. The number of benzene rings is 1. The molecule has 1 aromatic carbocycles. The molecule has 0 aliphatic carbocycles. The molecule has 0 unspecified atom stereocenters. The molecule has 0 saturated heterocycles. The number of aromatic nitrogens is 2. The van der Waals surface area contributed by atoms with Crippen LogP contribution in [0.2, 0.25) is 4.47 Å². The summed E-state index contributed by atoms with van der Waals surface area (Å²) in [5.41, 5.74) is 2.64. The van der Waals surface area contributed by atoms with Gasteiger partial charge in [0.15, 0.2) is 0 Å². The highest BCUT2D eigenvalue weighted by Gasteiger charge is 2.03. The Bertz CT molecular complexity index is 496. The maximum Gasteiger partial charge on any atom is 0.207 e. The van der Waals surface area contributed by atoms with Crippen LogP contribution in [-0.4, -0.2) is 10.2 Å². The van der Waals surface area contributed by atoms with Crippen molar-refractivity contribution in [1.29, 1.82) is 0 Å². The van der Waals surface area contributed by atoms with Crippen LogP contribution < -0.4 is 0 Å². The van der Waals surface area contributed by atoms with Crippen LogP contribution in [0, 0.1) is 13.8 Å². The van der Waals surface area contributed by atoms with Gasteiger partial charge < -0.3 is 0 Å². The molecule has 0 amide bonds. The van der Waals surface area contributed by atoms with Gasteiger partial charge >= 0.3 is 0 Å². The van der Waals surface area contributed by atoms with Gasteiger partial charge in [0.05, 0.1) is 5.75 Å². The van der Waals surface area contributed by atoms with Crippen LogP contribution in [0.5, 0.6) is 0 Å². The van der Waals surface area contributed by atoms with Crippen molar-refractivity contribution >= 4 is 34.7 Å². The van der Waals surface area contributed by atoms with E-state index in [0.717, 1.165) is 10.8 Å². The highest BCUT2D eigenvalue weighted by atomic mass is 35.5. The average molecular weight is 271 g/mol. The summed E-state index contributed by atoms with van der Waals surface area (Å²) in [6.45, 7) is 4.25. The van der Waals surface area contributed by atoms with E-state index in [0.29, 0.717) is 4.47 Å². The first-order chi connectivity index (χ1) is 7.65. The van der Waals surface area contributed by atoms with Gasteiger partial charge in [-0.25, -0.2) is 0 Å². The van der Waals surface area contributed by atoms with Crippen LogP contribution in [-0.2, 0) is 5.75 Å². The second-order valence-electron chi connectivity index (χ2n) is 3.48. The van der Waals surface area contributed by atoms with Gasteiger partial charge in [-0.05, 0) is 48.7 Å². The van der Waals surface area contributed by atoms with Crippen molar-refractivity contribution in [2.24, 2.45) is 0 Å². The Balaban J connectivity index is 2.02. The Morgan fingerprint density at radius 1 is 1.25 bits per heavy atom. The van der Waals surface area contributed by atoms with Crippen molar-refractivity contribution in [3.8, 4) is 0 Å². The summed E-state index contributed by atoms with van der Waals surface area (Å²) in [4.78, 5) is 1.26. The van der Waals surface area contributed by atoms with Crippen LogP contribution in [0.4, 0.5) is 0 Å². The number of rotatable bonds is 3. The third-order valence-corrected chi connectivity index (χ3v) is 4.49. The largest absolute Gasteiger partial charge is 0.207 e. The fraction of sp³-hybridized carbons (Fsp3) is 0.273. The van der Waals surface area contributed by atoms with Crippen LogP contribution in [0.15, 0.2) is 23.1 Å². The van der Waals surface area contributed by atoms with Crippen molar-refractivity contribution in [1.82, 2.24) is 10.2 Å². The second kappa shape index (κ2) is 5.17. The molecule has 0 bridgehead atoms. The van der Waals surface area contributed by atoms with E-state index in [9.17, 15) is 0 Å². The van der Waals surface area contributed by atoms with E-state index < -0.39 is 0 Å². The lowest BCUT2D eigenvalue weighted by atomic mass is 10.1. The molecule has 0 aliphatic rings. The molecule has 2 nitrogen and oxygen atoms in total. The van der Waals surface area contributed by atoms with Gasteiger partial charge in [0.1, 0.15) is 5.01 Å². The molecule has 0 radical (unpaired) electrons. The number of hydrogen-bond acceptors (Lipinski definition) is 4. The first-order valence-corrected chi connectivity index (χ1v) is 7.01. The number of aryl methyl sites for hydroxylation is 2. The Morgan fingerprint density at radius 3 is 2.69 bits per heavy atom. The highest BCUT2D eigenvalue weighted by molar-refractivity contribution is 7.98. The molecule has 0 saturated carbocycles. The number of hydrogen-bond donors (Lipinski definition) is 0. The lowest BCUT2D eigenvalue weighted by Gasteiger charge is -2.03. The van der Waals surface area contributed by atoms with Crippen molar-refractivity contribution in [2.45, 2.75) is 24.5 Å². The van der Waals surface area contributed by atoms with Gasteiger partial charge in [-0.15, -0.1) is 22.0 Å². The van der Waals surface area contributed by atoms with Crippen LogP contribution >= 0.6 is 34.7 Å². The SMILES string of the molecule is Cc1ccc(SCc2nnc(Cl)s2)cc1C. The molecule has 1 heterocycles. The first-order valence-electron chi connectivity index (χ1n) is 4.83. The topological polar surface area (TPSA) is 25.8 Å². The Morgan fingerprint density at radius 2 is 2.06 bits per heavy atom. The monoisotopic (exact) mass is 270 g/mol. The maximum atomic E-state index is 5.72. The zero-order chi connectivity index (χ0) is 11.5. The first kappa shape index (κ1) is 11.9. The zero-order valence-electron chi connectivity index (χ0n) is 9.03. The van der Waals surface area contributed by atoms with E-state index in [2.05, 4.69) is 42.2 Å². The number of thioether (sulfide) groups is 1. The molecular weight excluding hydrogens is 260 g/mol. The molecule has 0 fully saturated rings. The van der Waals surface area contributed by atoms with E-state index in [-0.39, 0.29) is 0 Å². The Hall–Kier alpha value is -0.580. The van der Waals surface area contributed by atoms with Gasteiger partial charge in [-0.1, -0.05) is 17.4 Å². The summed E-state index contributed by atoms with van der Waals surface area (Å²) in [5, 5.41) is 8.73. The van der Waals surface area contributed by atoms with Crippen LogP contribution in [0.3, 0.4) is 0 Å². The maximum absolute atomic E-state index is 5.72. The fourth-order valence-corrected chi connectivity index (χ4v) is 3.09. The predicted molar refractivity (Wildman–Crippen MR) is 70.4 cm³/mol. The minimum atomic E-state index is 0.510. The zero-order valence-corrected chi connectivity index (χ0v) is 11.4. The van der Waals surface area contributed by atoms with E-state index >= 15 is 0 Å². The molecular formula is C11H11ClN2S2. The normalized spacial score (nSPS) is 10.7. The molecule has 2 rings (SSSR count). The standard InChI is InChI=1S/C11H11ClN2S2/c1-7-3-4-9(5-8(7)2)15-6-10-13-14-11(12)16-10/h3-5H,6H2,1-2H3. The van der Waals surface area contributed by atoms with Crippen molar-refractivity contribution in [3.05, 3.63) is 38.8 Å². The van der Waals surface area contributed by atoms with Crippen LogP contribution in [0.1, 0.15) is 16.1 Å². The molecule has 0 N–H and O–H groups in total. The number of nitrogens with zero attached hydrogens (tertiary/aromatic N) is 2. The Labute approximate surface area is 108 Å². The molecule has 5 heteroatoms. The molecule has 2 aromatic rings. The van der Waals surface area contributed by atoms with E-state index in [1.54, 1.807) is 11.8 Å². The lowest BCUT2D eigenvalue weighted by Crippen LogP contribution is -1.83. The minimum absolute atomic E-state index is 0.510. The average Bonchev–Trinajstić information content (AvgIpc) is 2.66.